The number of amides is 1. The van der Waals surface area contributed by atoms with E-state index in [-0.39, 0.29) is 5.91 Å². The zero-order chi connectivity index (χ0) is 18.0. The van der Waals surface area contributed by atoms with Crippen molar-refractivity contribution in [3.63, 3.8) is 0 Å². The number of carbonyl (C=O) groups excluding carboxylic acids is 1. The van der Waals surface area contributed by atoms with Gasteiger partial charge in [0.05, 0.1) is 19.6 Å². The van der Waals surface area contributed by atoms with Crippen LogP contribution in [0.5, 0.6) is 11.5 Å². The van der Waals surface area contributed by atoms with Gasteiger partial charge in [-0.05, 0) is 44.4 Å². The predicted molar refractivity (Wildman–Crippen MR) is 95.9 cm³/mol. The second kappa shape index (κ2) is 10.2. The first-order valence-corrected chi connectivity index (χ1v) is 8.55. The Hall–Kier alpha value is -1.75. The fourth-order valence-corrected chi connectivity index (χ4v) is 2.30. The maximum Gasteiger partial charge on any atom is 0.230 e. The van der Waals surface area contributed by atoms with Crippen LogP contribution in [0.15, 0.2) is 18.2 Å². The van der Waals surface area contributed by atoms with Gasteiger partial charge in [0.15, 0.2) is 11.5 Å². The van der Waals surface area contributed by atoms with E-state index >= 15 is 0 Å². The van der Waals surface area contributed by atoms with E-state index in [4.69, 9.17) is 14.2 Å². The molecule has 0 fully saturated rings. The molecule has 0 spiro atoms. The highest BCUT2D eigenvalue weighted by Crippen LogP contribution is 2.33. The molecule has 0 aliphatic heterocycles. The van der Waals surface area contributed by atoms with Crippen molar-refractivity contribution < 1.29 is 19.0 Å². The molecule has 1 N–H and O–H groups in total. The summed E-state index contributed by atoms with van der Waals surface area (Å²) in [5.41, 5.74) is 0.236. The number of hydrogen-bond donors (Lipinski definition) is 1. The zero-order valence-electron chi connectivity index (χ0n) is 15.6. The molecule has 0 unspecified atom stereocenters. The van der Waals surface area contributed by atoms with Crippen LogP contribution in [0.3, 0.4) is 0 Å². The van der Waals surface area contributed by atoms with Gasteiger partial charge in [-0.1, -0.05) is 19.4 Å². The Morgan fingerprint density at radius 2 is 1.75 bits per heavy atom. The second-order valence-electron chi connectivity index (χ2n) is 6.27. The Morgan fingerprint density at radius 3 is 2.38 bits per heavy atom. The van der Waals surface area contributed by atoms with Crippen LogP contribution in [0.4, 0.5) is 0 Å². The highest BCUT2D eigenvalue weighted by molar-refractivity contribution is 5.87. The quantitative estimate of drug-likeness (QED) is 0.630. The first kappa shape index (κ1) is 20.3. The number of carbonyl (C=O) groups is 1. The van der Waals surface area contributed by atoms with Crippen LogP contribution in [0, 0.1) is 0 Å². The van der Waals surface area contributed by atoms with E-state index in [1.165, 1.54) is 0 Å². The average Bonchev–Trinajstić information content (AvgIpc) is 2.59. The number of ether oxygens (including phenoxy) is 3. The molecule has 5 nitrogen and oxygen atoms in total. The van der Waals surface area contributed by atoms with Crippen molar-refractivity contribution in [2.75, 3.05) is 34.0 Å². The molecular formula is C19H31NO4. The Kier molecular flexibility index (Phi) is 8.61. The second-order valence-corrected chi connectivity index (χ2v) is 6.27. The summed E-state index contributed by atoms with van der Waals surface area (Å²) in [5.74, 6) is 1.27. The summed E-state index contributed by atoms with van der Waals surface area (Å²) in [4.78, 5) is 12.5. The summed E-state index contributed by atoms with van der Waals surface area (Å²) < 4.78 is 16.1. The lowest BCUT2D eigenvalue weighted by Gasteiger charge is -2.25. The van der Waals surface area contributed by atoms with Gasteiger partial charge in [-0.15, -0.1) is 0 Å². The molecule has 0 aliphatic carbocycles. The fourth-order valence-electron chi connectivity index (χ4n) is 2.30. The maximum absolute atomic E-state index is 12.5. The highest BCUT2D eigenvalue weighted by Gasteiger charge is 2.30. The van der Waals surface area contributed by atoms with Gasteiger partial charge in [-0.2, -0.15) is 0 Å². The normalized spacial score (nSPS) is 11.2. The molecule has 0 bridgehead atoms. The first-order chi connectivity index (χ1) is 11.5. The van der Waals surface area contributed by atoms with Crippen molar-refractivity contribution >= 4 is 5.91 Å². The number of rotatable bonds is 11. The summed E-state index contributed by atoms with van der Waals surface area (Å²) >= 11 is 0. The molecule has 1 aromatic rings. The minimum atomic E-state index is -0.650. The smallest absolute Gasteiger partial charge is 0.230 e. The van der Waals surface area contributed by atoms with Crippen molar-refractivity contribution in [3.8, 4) is 11.5 Å². The van der Waals surface area contributed by atoms with Gasteiger partial charge in [0.25, 0.3) is 0 Å². The largest absolute Gasteiger partial charge is 0.493 e. The van der Waals surface area contributed by atoms with Crippen molar-refractivity contribution in [2.45, 2.75) is 45.4 Å². The Morgan fingerprint density at radius 1 is 1.08 bits per heavy atom. The highest BCUT2D eigenvalue weighted by atomic mass is 16.5. The first-order valence-electron chi connectivity index (χ1n) is 8.55. The van der Waals surface area contributed by atoms with E-state index in [0.29, 0.717) is 24.7 Å². The molecule has 0 atom stereocenters. The van der Waals surface area contributed by atoms with E-state index in [9.17, 15) is 4.79 Å². The minimum Gasteiger partial charge on any atom is -0.493 e. The van der Waals surface area contributed by atoms with E-state index in [2.05, 4.69) is 12.2 Å². The van der Waals surface area contributed by atoms with Gasteiger partial charge in [-0.25, -0.2) is 0 Å². The monoisotopic (exact) mass is 337 g/mol. The molecule has 0 aliphatic rings. The topological polar surface area (TPSA) is 56.8 Å². The third-order valence-electron chi connectivity index (χ3n) is 4.07. The molecule has 24 heavy (non-hydrogen) atoms. The molecule has 0 saturated carbocycles. The van der Waals surface area contributed by atoms with Crippen molar-refractivity contribution in [1.29, 1.82) is 0 Å². The molecule has 0 radical (unpaired) electrons. The van der Waals surface area contributed by atoms with Crippen LogP contribution >= 0.6 is 0 Å². The molecule has 1 rings (SSSR count). The lowest BCUT2D eigenvalue weighted by atomic mass is 9.83. The van der Waals surface area contributed by atoms with Crippen molar-refractivity contribution in [1.82, 2.24) is 5.32 Å². The SMILES string of the molecule is CCCCOCCCNC(=O)C(C)(C)c1ccc(OC)c(OC)c1. The maximum atomic E-state index is 12.5. The molecule has 0 saturated heterocycles. The molecule has 0 aromatic heterocycles. The van der Waals surface area contributed by atoms with Gasteiger partial charge < -0.3 is 19.5 Å². The molecular weight excluding hydrogens is 306 g/mol. The summed E-state index contributed by atoms with van der Waals surface area (Å²) in [6.45, 7) is 8.03. The minimum absolute atomic E-state index is 0.0109. The van der Waals surface area contributed by atoms with Crippen LogP contribution in [-0.4, -0.2) is 39.9 Å². The Bertz CT molecular complexity index is 514. The number of hydrogen-bond acceptors (Lipinski definition) is 4. The number of nitrogens with one attached hydrogen (secondary N) is 1. The number of unbranched alkanes of at least 4 members (excludes halogenated alkanes) is 1. The van der Waals surface area contributed by atoms with Crippen molar-refractivity contribution in [2.24, 2.45) is 0 Å². The van der Waals surface area contributed by atoms with Crippen molar-refractivity contribution in [3.05, 3.63) is 23.8 Å². The van der Waals surface area contributed by atoms with Crippen LogP contribution < -0.4 is 14.8 Å². The van der Waals surface area contributed by atoms with Gasteiger partial charge in [0, 0.05) is 19.8 Å². The van der Waals surface area contributed by atoms with Crippen LogP contribution in [0.1, 0.15) is 45.6 Å². The van der Waals surface area contributed by atoms with Crippen LogP contribution in [-0.2, 0) is 14.9 Å². The van der Waals surface area contributed by atoms with E-state index in [1.807, 2.05) is 32.0 Å². The van der Waals surface area contributed by atoms with Gasteiger partial charge in [0.1, 0.15) is 0 Å². The third kappa shape index (κ3) is 5.71. The fraction of sp³-hybridized carbons (Fsp3) is 0.632. The van der Waals surface area contributed by atoms with Gasteiger partial charge in [0.2, 0.25) is 5.91 Å². The Balaban J connectivity index is 2.56. The van der Waals surface area contributed by atoms with Crippen LogP contribution in [0.25, 0.3) is 0 Å². The number of benzene rings is 1. The zero-order valence-corrected chi connectivity index (χ0v) is 15.6. The summed E-state index contributed by atoms with van der Waals surface area (Å²) in [7, 11) is 3.19. The summed E-state index contributed by atoms with van der Waals surface area (Å²) in [6, 6.07) is 5.58. The van der Waals surface area contributed by atoms with E-state index in [0.717, 1.165) is 31.4 Å². The molecule has 5 heteroatoms. The third-order valence-corrected chi connectivity index (χ3v) is 4.07. The molecule has 1 aromatic carbocycles. The predicted octanol–water partition coefficient (Wildman–Crippen LogP) is 3.30. The molecule has 136 valence electrons. The molecule has 0 heterocycles. The standard InChI is InChI=1S/C19H31NO4/c1-6-7-12-24-13-8-11-20-18(21)19(2,3)15-9-10-16(22-4)17(14-15)23-5/h9-10,14H,6-8,11-13H2,1-5H3,(H,20,21). The van der Waals surface area contributed by atoms with E-state index < -0.39 is 5.41 Å². The molecule has 1 amide bonds. The van der Waals surface area contributed by atoms with Gasteiger partial charge in [-0.3, -0.25) is 4.79 Å². The Labute approximate surface area is 145 Å². The lowest BCUT2D eigenvalue weighted by Crippen LogP contribution is -2.40. The van der Waals surface area contributed by atoms with Crippen LogP contribution in [0.2, 0.25) is 0 Å². The summed E-state index contributed by atoms with van der Waals surface area (Å²) in [6.07, 6.45) is 3.03. The van der Waals surface area contributed by atoms with E-state index in [1.54, 1.807) is 14.2 Å². The summed E-state index contributed by atoms with van der Waals surface area (Å²) in [5, 5.41) is 2.99. The average molecular weight is 337 g/mol. The van der Waals surface area contributed by atoms with Gasteiger partial charge >= 0.3 is 0 Å². The number of methoxy groups -OCH3 is 2. The lowest BCUT2D eigenvalue weighted by molar-refractivity contribution is -0.125.